The van der Waals surface area contributed by atoms with Crippen molar-refractivity contribution in [3.63, 3.8) is 0 Å². The van der Waals surface area contributed by atoms with Gasteiger partial charge in [0, 0.05) is 11.6 Å². The number of amides is 2. The molecule has 5 nitrogen and oxygen atoms in total. The largest absolute Gasteiger partial charge is 0.353 e. The van der Waals surface area contributed by atoms with Crippen LogP contribution in [0.5, 0.6) is 0 Å². The number of rotatable bonds is 7. The van der Waals surface area contributed by atoms with Gasteiger partial charge in [0.1, 0.15) is 0 Å². The summed E-state index contributed by atoms with van der Waals surface area (Å²) in [5.41, 5.74) is 0.0609. The number of nitrogens with zero attached hydrogens (tertiary/aromatic N) is 1. The summed E-state index contributed by atoms with van der Waals surface area (Å²) >= 11 is 0. The maximum absolute atomic E-state index is 12.6. The quantitative estimate of drug-likeness (QED) is 0.747. The number of hydrogen-bond acceptors (Lipinski definition) is 3. The molecule has 136 valence electrons. The number of nitrogens with one attached hydrogen (secondary N) is 2. The molecule has 0 atom stereocenters. The zero-order chi connectivity index (χ0) is 17.3. The predicted octanol–water partition coefficient (Wildman–Crippen LogP) is 1.92. The van der Waals surface area contributed by atoms with Crippen LogP contribution < -0.4 is 10.6 Å². The van der Waals surface area contributed by atoms with Gasteiger partial charge in [-0.2, -0.15) is 0 Å². The molecule has 0 radical (unpaired) electrons. The molecule has 0 spiro atoms. The molecule has 0 aliphatic heterocycles. The minimum absolute atomic E-state index is 0.00513. The molecule has 4 saturated carbocycles. The van der Waals surface area contributed by atoms with Crippen LogP contribution in [0.4, 0.5) is 0 Å². The van der Waals surface area contributed by atoms with Gasteiger partial charge in [-0.05, 0) is 76.7 Å². The van der Waals surface area contributed by atoms with E-state index < -0.39 is 0 Å². The van der Waals surface area contributed by atoms with E-state index >= 15 is 0 Å². The summed E-state index contributed by atoms with van der Waals surface area (Å²) in [6, 6.07) is 0.136. The second kappa shape index (κ2) is 7.03. The van der Waals surface area contributed by atoms with Crippen molar-refractivity contribution in [2.75, 3.05) is 19.6 Å². The summed E-state index contributed by atoms with van der Waals surface area (Å²) in [5, 5.41) is 6.29. The molecule has 0 unspecified atom stereocenters. The van der Waals surface area contributed by atoms with Crippen molar-refractivity contribution in [1.29, 1.82) is 0 Å². The first kappa shape index (κ1) is 17.7. The Hall–Kier alpha value is -1.10. The summed E-state index contributed by atoms with van der Waals surface area (Å²) in [4.78, 5) is 26.5. The van der Waals surface area contributed by atoms with Crippen LogP contribution in [0.2, 0.25) is 0 Å². The summed E-state index contributed by atoms with van der Waals surface area (Å²) < 4.78 is 0. The van der Waals surface area contributed by atoms with Crippen LogP contribution in [0, 0.1) is 17.8 Å². The van der Waals surface area contributed by atoms with Gasteiger partial charge in [0.05, 0.1) is 13.1 Å². The van der Waals surface area contributed by atoms with E-state index in [1.807, 2.05) is 25.7 Å². The highest BCUT2D eigenvalue weighted by Gasteiger charge is 2.51. The standard InChI is InChI=1S/C19H33N3O2/c1-4-22(11-17(23)20-13(2)3)12-18(24)21-19-8-14-5-15(9-19)7-16(6-14)10-19/h13-16H,4-12H2,1-3H3,(H,20,23)(H,21,24). The highest BCUT2D eigenvalue weighted by Crippen LogP contribution is 2.55. The van der Waals surface area contributed by atoms with Gasteiger partial charge >= 0.3 is 0 Å². The lowest BCUT2D eigenvalue weighted by molar-refractivity contribution is -0.129. The third-order valence-corrected chi connectivity index (χ3v) is 6.07. The van der Waals surface area contributed by atoms with Gasteiger partial charge in [-0.15, -0.1) is 0 Å². The normalized spacial score (nSPS) is 34.0. The molecule has 4 bridgehead atoms. The Morgan fingerprint density at radius 3 is 1.96 bits per heavy atom. The first-order valence-electron chi connectivity index (χ1n) is 9.70. The average molecular weight is 335 g/mol. The molecule has 4 aliphatic rings. The van der Waals surface area contributed by atoms with Gasteiger partial charge in [0.15, 0.2) is 0 Å². The topological polar surface area (TPSA) is 61.4 Å². The number of hydrogen-bond donors (Lipinski definition) is 2. The lowest BCUT2D eigenvalue weighted by Crippen LogP contribution is -2.61. The van der Waals surface area contributed by atoms with Crippen LogP contribution in [0.15, 0.2) is 0 Å². The van der Waals surface area contributed by atoms with Crippen molar-refractivity contribution >= 4 is 11.8 Å². The zero-order valence-corrected chi connectivity index (χ0v) is 15.4. The fraction of sp³-hybridized carbons (Fsp3) is 0.895. The smallest absolute Gasteiger partial charge is 0.234 e. The van der Waals surface area contributed by atoms with Crippen molar-refractivity contribution in [3.8, 4) is 0 Å². The van der Waals surface area contributed by atoms with E-state index in [9.17, 15) is 9.59 Å². The van der Waals surface area contributed by atoms with E-state index in [0.717, 1.165) is 17.8 Å². The van der Waals surface area contributed by atoms with Crippen LogP contribution in [0.25, 0.3) is 0 Å². The van der Waals surface area contributed by atoms with Crippen molar-refractivity contribution in [2.24, 2.45) is 17.8 Å². The third-order valence-electron chi connectivity index (χ3n) is 6.07. The molecular weight excluding hydrogens is 302 g/mol. The summed E-state index contributed by atoms with van der Waals surface area (Å²) in [6.07, 6.45) is 7.66. The third kappa shape index (κ3) is 4.11. The van der Waals surface area contributed by atoms with Crippen LogP contribution in [0.1, 0.15) is 59.3 Å². The Labute approximate surface area is 145 Å². The molecule has 4 aliphatic carbocycles. The molecule has 0 aromatic carbocycles. The van der Waals surface area contributed by atoms with Gasteiger partial charge in [-0.3, -0.25) is 14.5 Å². The number of carbonyl (C=O) groups excluding carboxylic acids is 2. The monoisotopic (exact) mass is 335 g/mol. The van der Waals surface area contributed by atoms with E-state index in [0.29, 0.717) is 19.6 Å². The van der Waals surface area contributed by atoms with Gasteiger partial charge in [-0.25, -0.2) is 0 Å². The summed E-state index contributed by atoms with van der Waals surface area (Å²) in [7, 11) is 0. The molecular formula is C19H33N3O2. The lowest BCUT2D eigenvalue weighted by atomic mass is 9.53. The average Bonchev–Trinajstić information content (AvgIpc) is 2.43. The molecule has 0 heterocycles. The fourth-order valence-electron chi connectivity index (χ4n) is 5.65. The molecule has 0 saturated heterocycles. The molecule has 2 N–H and O–H groups in total. The van der Waals surface area contributed by atoms with Crippen LogP contribution in [-0.4, -0.2) is 47.9 Å². The highest BCUT2D eigenvalue weighted by molar-refractivity contribution is 5.81. The van der Waals surface area contributed by atoms with Crippen LogP contribution in [0.3, 0.4) is 0 Å². The lowest BCUT2D eigenvalue weighted by Gasteiger charge is -2.57. The van der Waals surface area contributed by atoms with Gasteiger partial charge in [-0.1, -0.05) is 6.92 Å². The predicted molar refractivity (Wildman–Crippen MR) is 94.4 cm³/mol. The first-order valence-corrected chi connectivity index (χ1v) is 9.70. The van der Waals surface area contributed by atoms with Gasteiger partial charge in [0.2, 0.25) is 11.8 Å². The Bertz CT molecular complexity index is 454. The van der Waals surface area contributed by atoms with Crippen molar-refractivity contribution in [3.05, 3.63) is 0 Å². The second-order valence-electron chi connectivity index (χ2n) is 8.77. The Morgan fingerprint density at radius 1 is 1.00 bits per heavy atom. The van der Waals surface area contributed by atoms with Crippen LogP contribution in [-0.2, 0) is 9.59 Å². The molecule has 4 rings (SSSR count). The SMILES string of the molecule is CCN(CC(=O)NC(C)C)CC(=O)NC12CC3CC(CC(C3)C1)C2. The van der Waals surface area contributed by atoms with Crippen molar-refractivity contribution in [2.45, 2.75) is 70.9 Å². The molecule has 5 heteroatoms. The Kier molecular flexibility index (Phi) is 5.19. The van der Waals surface area contributed by atoms with E-state index in [1.54, 1.807) is 0 Å². The fourth-order valence-corrected chi connectivity index (χ4v) is 5.65. The Balaban J connectivity index is 1.52. The van der Waals surface area contributed by atoms with E-state index in [1.165, 1.54) is 38.5 Å². The molecule has 2 amide bonds. The van der Waals surface area contributed by atoms with Crippen LogP contribution >= 0.6 is 0 Å². The number of likely N-dealkylation sites (N-methyl/N-ethyl adjacent to an activating group) is 1. The molecule has 0 aromatic rings. The maximum atomic E-state index is 12.6. The molecule has 0 aromatic heterocycles. The van der Waals surface area contributed by atoms with Crippen molar-refractivity contribution < 1.29 is 9.59 Å². The second-order valence-corrected chi connectivity index (χ2v) is 8.77. The maximum Gasteiger partial charge on any atom is 0.234 e. The highest BCUT2D eigenvalue weighted by atomic mass is 16.2. The number of carbonyl (C=O) groups is 2. The Morgan fingerprint density at radius 2 is 1.50 bits per heavy atom. The van der Waals surface area contributed by atoms with E-state index in [4.69, 9.17) is 0 Å². The minimum Gasteiger partial charge on any atom is -0.353 e. The van der Waals surface area contributed by atoms with E-state index in [-0.39, 0.29) is 23.4 Å². The van der Waals surface area contributed by atoms with E-state index in [2.05, 4.69) is 10.6 Å². The van der Waals surface area contributed by atoms with Gasteiger partial charge in [0.25, 0.3) is 0 Å². The summed E-state index contributed by atoms with van der Waals surface area (Å²) in [5.74, 6) is 2.58. The zero-order valence-electron chi connectivity index (χ0n) is 15.4. The van der Waals surface area contributed by atoms with Gasteiger partial charge < -0.3 is 10.6 Å². The first-order chi connectivity index (χ1) is 11.4. The summed E-state index contributed by atoms with van der Waals surface area (Å²) in [6.45, 7) is 7.23. The minimum atomic E-state index is -0.00513. The molecule has 24 heavy (non-hydrogen) atoms. The molecule has 4 fully saturated rings. The van der Waals surface area contributed by atoms with Crippen molar-refractivity contribution in [1.82, 2.24) is 15.5 Å².